The Balaban J connectivity index is 1.33. The van der Waals surface area contributed by atoms with Crippen molar-refractivity contribution in [3.05, 3.63) is 58.1 Å². The molecule has 0 unspecified atom stereocenters. The molecule has 0 bridgehead atoms. The molecule has 2 aliphatic heterocycles. The van der Waals surface area contributed by atoms with Gasteiger partial charge in [-0.3, -0.25) is 4.79 Å². The van der Waals surface area contributed by atoms with E-state index in [0.717, 1.165) is 48.3 Å². The van der Waals surface area contributed by atoms with Crippen LogP contribution in [0.2, 0.25) is 5.02 Å². The highest BCUT2D eigenvalue weighted by Gasteiger charge is 2.44. The number of sulfonamides is 1. The molecule has 1 spiro atoms. The zero-order valence-corrected chi connectivity index (χ0v) is 23.3. The summed E-state index contributed by atoms with van der Waals surface area (Å²) in [7, 11) is -2.83. The first-order valence-electron chi connectivity index (χ1n) is 13.1. The molecule has 0 radical (unpaired) electrons. The molecule has 1 aliphatic carbocycles. The van der Waals surface area contributed by atoms with Gasteiger partial charge in [-0.2, -0.15) is 17.5 Å². The fourth-order valence-electron chi connectivity index (χ4n) is 5.99. The number of hydrogen-bond acceptors (Lipinski definition) is 5. The molecule has 2 aromatic rings. The zero-order valence-electron chi connectivity index (χ0n) is 21.8. The summed E-state index contributed by atoms with van der Waals surface area (Å²) in [4.78, 5) is 11.8. The molecule has 39 heavy (non-hydrogen) atoms. The van der Waals surface area contributed by atoms with Crippen LogP contribution in [0, 0.1) is 11.8 Å². The number of esters is 1. The summed E-state index contributed by atoms with van der Waals surface area (Å²) in [5.74, 6) is 0.684. The normalized spacial score (nSPS) is 21.1. The van der Waals surface area contributed by atoms with Crippen LogP contribution in [0.3, 0.4) is 0 Å². The molecular formula is C28H31ClF3NO5S. The lowest BCUT2D eigenvalue weighted by atomic mass is 9.80. The summed E-state index contributed by atoms with van der Waals surface area (Å²) in [5.41, 5.74) is 0.465. The second-order valence-electron chi connectivity index (χ2n) is 10.9. The first-order valence-corrected chi connectivity index (χ1v) is 14.9. The fourth-order valence-corrected chi connectivity index (χ4v) is 7.93. The molecule has 2 heterocycles. The minimum atomic E-state index is -4.68. The van der Waals surface area contributed by atoms with Gasteiger partial charge in [0.05, 0.1) is 23.6 Å². The lowest BCUT2D eigenvalue weighted by molar-refractivity contribution is -0.145. The van der Waals surface area contributed by atoms with Crippen molar-refractivity contribution in [2.45, 2.75) is 68.0 Å². The molecule has 11 heteroatoms. The Kier molecular flexibility index (Phi) is 7.43. The van der Waals surface area contributed by atoms with Crippen molar-refractivity contribution in [2.24, 2.45) is 11.8 Å². The maximum Gasteiger partial charge on any atom is 0.416 e. The summed E-state index contributed by atoms with van der Waals surface area (Å²) < 4.78 is 79.0. The van der Waals surface area contributed by atoms with Gasteiger partial charge in [-0.15, -0.1) is 0 Å². The SMILES string of the molecule is COC(=O)[C@@H](C)[C@H](c1ccc2c(c1)OC1(CC2)CCN(S(=O)(=O)c2cc(C(F)(F)F)ccc2Cl)CC1)C1CC1. The van der Waals surface area contributed by atoms with Crippen LogP contribution in [0.4, 0.5) is 13.2 Å². The van der Waals surface area contributed by atoms with Crippen LogP contribution in [-0.2, 0) is 32.2 Å². The largest absolute Gasteiger partial charge is 0.487 e. The number of rotatable bonds is 6. The van der Waals surface area contributed by atoms with Crippen molar-refractivity contribution < 1.29 is 35.9 Å². The molecule has 0 amide bonds. The standard InChI is InChI=1S/C28H31ClF3NO5S/c1-17(26(34)37-2)25(19-4-5-19)20-6-3-18-9-10-27(38-23(18)15-20)11-13-33(14-12-27)39(35,36)24-16-21(28(30,31)32)7-8-22(24)29/h3,6-8,15-17,19,25H,4-5,9-14H2,1-2H3/t17-,25-/m0/s1. The number of alkyl halides is 3. The van der Waals surface area contributed by atoms with Crippen LogP contribution in [0.15, 0.2) is 41.3 Å². The average Bonchev–Trinajstić information content (AvgIpc) is 3.73. The molecule has 2 aromatic carbocycles. The van der Waals surface area contributed by atoms with Gasteiger partial charge in [-0.1, -0.05) is 30.7 Å². The molecule has 1 saturated heterocycles. The van der Waals surface area contributed by atoms with Gasteiger partial charge in [0.15, 0.2) is 0 Å². The van der Waals surface area contributed by atoms with Crippen molar-refractivity contribution >= 4 is 27.6 Å². The van der Waals surface area contributed by atoms with E-state index in [2.05, 4.69) is 6.07 Å². The Bertz CT molecular complexity index is 1370. The van der Waals surface area contributed by atoms with Crippen LogP contribution in [0.1, 0.15) is 61.6 Å². The number of methoxy groups -OCH3 is 1. The number of piperidine rings is 1. The number of ether oxygens (including phenoxy) is 2. The number of halogens is 4. The monoisotopic (exact) mass is 585 g/mol. The van der Waals surface area contributed by atoms with E-state index < -0.39 is 32.3 Å². The number of benzene rings is 2. The maximum absolute atomic E-state index is 13.3. The Morgan fingerprint density at radius 2 is 1.82 bits per heavy atom. The highest BCUT2D eigenvalue weighted by Crippen LogP contribution is 2.49. The quantitative estimate of drug-likeness (QED) is 0.377. The summed E-state index contributed by atoms with van der Waals surface area (Å²) in [6.45, 7) is 2.10. The van der Waals surface area contributed by atoms with Gasteiger partial charge in [0.1, 0.15) is 16.2 Å². The summed E-state index contributed by atoms with van der Waals surface area (Å²) in [5, 5.41) is -0.245. The smallest absolute Gasteiger partial charge is 0.416 e. The molecule has 6 nitrogen and oxygen atoms in total. The first kappa shape index (κ1) is 28.2. The highest BCUT2D eigenvalue weighted by molar-refractivity contribution is 7.89. The average molecular weight is 586 g/mol. The number of carbonyl (C=O) groups excluding carboxylic acids is 1. The third-order valence-electron chi connectivity index (χ3n) is 8.40. The van der Waals surface area contributed by atoms with Crippen molar-refractivity contribution in [1.29, 1.82) is 0 Å². The zero-order chi connectivity index (χ0) is 28.2. The van der Waals surface area contributed by atoms with E-state index in [1.165, 1.54) is 11.4 Å². The van der Waals surface area contributed by atoms with Crippen LogP contribution >= 0.6 is 11.6 Å². The van der Waals surface area contributed by atoms with Gasteiger partial charge >= 0.3 is 12.1 Å². The Labute approximate surface area is 231 Å². The first-order chi connectivity index (χ1) is 18.3. The third kappa shape index (κ3) is 5.52. The van der Waals surface area contributed by atoms with Crippen LogP contribution in [0.25, 0.3) is 0 Å². The summed E-state index contributed by atoms with van der Waals surface area (Å²) in [6.07, 6.45) is -0.281. The number of aryl methyl sites for hydroxylation is 1. The maximum atomic E-state index is 13.3. The molecule has 2 atom stereocenters. The van der Waals surface area contributed by atoms with Gasteiger partial charge in [0.25, 0.3) is 0 Å². The molecule has 2 fully saturated rings. The number of hydrogen-bond donors (Lipinski definition) is 0. The van der Waals surface area contributed by atoms with Crippen molar-refractivity contribution in [1.82, 2.24) is 4.31 Å². The molecule has 3 aliphatic rings. The molecule has 212 valence electrons. The second kappa shape index (κ2) is 10.3. The van der Waals surface area contributed by atoms with Crippen LogP contribution in [0.5, 0.6) is 5.75 Å². The van der Waals surface area contributed by atoms with Crippen LogP contribution < -0.4 is 4.74 Å². The lowest BCUT2D eigenvalue weighted by Gasteiger charge is -2.44. The molecule has 5 rings (SSSR count). The highest BCUT2D eigenvalue weighted by atomic mass is 35.5. The Morgan fingerprint density at radius 1 is 1.13 bits per heavy atom. The van der Waals surface area contributed by atoms with E-state index in [9.17, 15) is 26.4 Å². The Morgan fingerprint density at radius 3 is 2.44 bits per heavy atom. The minimum absolute atomic E-state index is 0.0356. The number of carbonyl (C=O) groups is 1. The van der Waals surface area contributed by atoms with E-state index in [4.69, 9.17) is 21.1 Å². The van der Waals surface area contributed by atoms with Crippen molar-refractivity contribution in [3.8, 4) is 5.75 Å². The summed E-state index contributed by atoms with van der Waals surface area (Å²) >= 11 is 6.04. The van der Waals surface area contributed by atoms with Gasteiger partial charge in [-0.05, 0) is 72.9 Å². The lowest BCUT2D eigenvalue weighted by Crippen LogP contribution is -2.51. The number of fused-ring (bicyclic) bond motifs is 1. The van der Waals surface area contributed by atoms with E-state index in [1.807, 2.05) is 19.1 Å². The Hall–Kier alpha value is -2.30. The summed E-state index contributed by atoms with van der Waals surface area (Å²) in [6, 6.07) is 8.47. The van der Waals surface area contributed by atoms with Gasteiger partial charge in [-0.25, -0.2) is 8.42 Å². The van der Waals surface area contributed by atoms with Gasteiger partial charge < -0.3 is 9.47 Å². The second-order valence-corrected chi connectivity index (χ2v) is 13.2. The molecule has 0 aromatic heterocycles. The van der Waals surface area contributed by atoms with E-state index in [0.29, 0.717) is 31.2 Å². The molecule has 0 N–H and O–H groups in total. The molecular weight excluding hydrogens is 555 g/mol. The predicted molar refractivity (Wildman–Crippen MR) is 139 cm³/mol. The van der Waals surface area contributed by atoms with Crippen LogP contribution in [-0.4, -0.2) is 44.5 Å². The predicted octanol–water partition coefficient (Wildman–Crippen LogP) is 6.21. The van der Waals surface area contributed by atoms with Crippen molar-refractivity contribution in [3.63, 3.8) is 0 Å². The third-order valence-corrected chi connectivity index (χ3v) is 10.8. The molecule has 1 saturated carbocycles. The fraction of sp³-hybridized carbons (Fsp3) is 0.536. The van der Waals surface area contributed by atoms with Gasteiger partial charge in [0, 0.05) is 25.9 Å². The van der Waals surface area contributed by atoms with E-state index >= 15 is 0 Å². The van der Waals surface area contributed by atoms with E-state index in [1.54, 1.807) is 0 Å². The topological polar surface area (TPSA) is 72.9 Å². The van der Waals surface area contributed by atoms with Gasteiger partial charge in [0.2, 0.25) is 10.0 Å². The van der Waals surface area contributed by atoms with E-state index in [-0.39, 0.29) is 35.9 Å². The van der Waals surface area contributed by atoms with Crippen molar-refractivity contribution in [2.75, 3.05) is 20.2 Å². The minimum Gasteiger partial charge on any atom is -0.487 e. The number of nitrogens with zero attached hydrogens (tertiary/aromatic N) is 1.